The second kappa shape index (κ2) is 12.2. The zero-order chi connectivity index (χ0) is 26.5. The molecule has 6 nitrogen and oxygen atoms in total. The van der Waals surface area contributed by atoms with Crippen LogP contribution in [-0.4, -0.2) is 33.4 Å². The summed E-state index contributed by atoms with van der Waals surface area (Å²) in [5.74, 6) is -1.81. The van der Waals surface area contributed by atoms with E-state index in [0.717, 1.165) is 55.5 Å². The van der Waals surface area contributed by atoms with E-state index < -0.39 is 23.5 Å². The van der Waals surface area contributed by atoms with E-state index in [1.165, 1.54) is 12.1 Å². The fourth-order valence-electron chi connectivity index (χ4n) is 5.63. The molecule has 5 rings (SSSR count). The van der Waals surface area contributed by atoms with Gasteiger partial charge in [0, 0.05) is 36.8 Å². The molecule has 0 radical (unpaired) electrons. The average Bonchev–Trinajstić information content (AvgIpc) is 3.03. The van der Waals surface area contributed by atoms with E-state index in [0.29, 0.717) is 24.1 Å². The van der Waals surface area contributed by atoms with Gasteiger partial charge in [-0.1, -0.05) is 40.2 Å². The number of nitrogens with one attached hydrogen (secondary N) is 1. The van der Waals surface area contributed by atoms with Crippen LogP contribution in [-0.2, 0) is 29.8 Å². The molecule has 0 amide bonds. The highest BCUT2D eigenvalue weighted by Gasteiger charge is 2.41. The maximum Gasteiger partial charge on any atom is 0.252 e. The van der Waals surface area contributed by atoms with E-state index in [1.54, 1.807) is 9.47 Å². The largest absolute Gasteiger partial charge is 0.374 e. The van der Waals surface area contributed by atoms with Crippen molar-refractivity contribution in [3.05, 3.63) is 68.6 Å². The third-order valence-electron chi connectivity index (χ3n) is 7.20. The Morgan fingerprint density at radius 3 is 2.39 bits per heavy atom. The van der Waals surface area contributed by atoms with Gasteiger partial charge in [0.1, 0.15) is 6.23 Å². The fraction of sp³-hybridized carbons (Fsp3) is 0.571. The molecule has 1 aromatic heterocycles. The lowest BCUT2D eigenvalue weighted by molar-refractivity contribution is -0.117. The Hall–Kier alpha value is -2.42. The minimum absolute atomic E-state index is 0.0349. The molecule has 36 heavy (non-hydrogen) atoms. The van der Waals surface area contributed by atoms with Gasteiger partial charge in [-0.25, -0.2) is 8.78 Å². The first-order valence-corrected chi connectivity index (χ1v) is 13.3. The van der Waals surface area contributed by atoms with Gasteiger partial charge in [-0.2, -0.15) is 0 Å². The molecule has 3 aliphatic rings. The molecule has 1 atom stereocenters. The highest BCUT2D eigenvalue weighted by molar-refractivity contribution is 5.83. The summed E-state index contributed by atoms with van der Waals surface area (Å²) in [5.41, 5.74) is 1.88. The van der Waals surface area contributed by atoms with Crippen LogP contribution in [0.5, 0.6) is 0 Å². The van der Waals surface area contributed by atoms with Gasteiger partial charge in [0.2, 0.25) is 0 Å². The van der Waals surface area contributed by atoms with Gasteiger partial charge < -0.3 is 5.11 Å². The number of hydrogen-bond acceptors (Lipinski definition) is 5. The molecule has 3 heterocycles. The molecule has 0 bridgehead atoms. The summed E-state index contributed by atoms with van der Waals surface area (Å²) < 4.78 is 28.7. The highest BCUT2D eigenvalue weighted by Crippen LogP contribution is 2.37. The van der Waals surface area contributed by atoms with Crippen molar-refractivity contribution in [1.82, 2.24) is 14.8 Å². The van der Waals surface area contributed by atoms with Crippen molar-refractivity contribution in [3.63, 3.8) is 0 Å². The van der Waals surface area contributed by atoms with E-state index in [9.17, 15) is 23.5 Å². The predicted octanol–water partition coefficient (Wildman–Crippen LogP) is 4.56. The Balaban J connectivity index is 0.000000861. The van der Waals surface area contributed by atoms with Crippen LogP contribution in [0.2, 0.25) is 0 Å². The lowest BCUT2D eigenvalue weighted by Crippen LogP contribution is -2.54. The molecule has 0 saturated heterocycles. The van der Waals surface area contributed by atoms with Crippen LogP contribution in [0.15, 0.2) is 29.1 Å². The molecule has 2 aliphatic heterocycles. The van der Waals surface area contributed by atoms with Crippen LogP contribution < -0.4 is 10.9 Å². The highest BCUT2D eigenvalue weighted by atomic mass is 19.2. The van der Waals surface area contributed by atoms with Crippen molar-refractivity contribution < 1.29 is 18.7 Å². The number of aliphatic hydroxyl groups is 1. The number of benzene rings is 1. The maximum atomic E-state index is 13.6. The first-order chi connectivity index (χ1) is 17.4. The van der Waals surface area contributed by atoms with Crippen LogP contribution >= 0.6 is 0 Å². The second-order valence-corrected chi connectivity index (χ2v) is 9.20. The predicted molar refractivity (Wildman–Crippen MR) is 137 cm³/mol. The molecule has 1 unspecified atom stereocenters. The van der Waals surface area contributed by atoms with Crippen molar-refractivity contribution in [3.8, 4) is 0 Å². The van der Waals surface area contributed by atoms with Crippen LogP contribution in [0.3, 0.4) is 0 Å². The maximum absolute atomic E-state index is 13.6. The number of halogens is 2. The smallest absolute Gasteiger partial charge is 0.252 e. The lowest BCUT2D eigenvalue weighted by Gasteiger charge is -2.42. The number of carbonyl (C=O) groups is 1. The molecule has 2 N–H and O–H groups in total. The first-order valence-electron chi connectivity index (χ1n) is 13.3. The van der Waals surface area contributed by atoms with Gasteiger partial charge in [0.25, 0.3) is 5.56 Å². The van der Waals surface area contributed by atoms with E-state index >= 15 is 0 Å². The molecule has 1 aromatic carbocycles. The zero-order valence-corrected chi connectivity index (χ0v) is 21.9. The van der Waals surface area contributed by atoms with Gasteiger partial charge in [-0.3, -0.25) is 24.4 Å². The standard InChI is InChI=1S/C24H27F2N3O3.2C2H6/c25-19-5-4-15(10-20(19)26)14-28-9-6-17-18(23(28)32)12-22(31)29-21(17)11-16(30)13-27-24(29)7-2-1-3-8-24;2*1-2/h4-5,10,12,23,27,32H,1-3,6-9,11,13-14H2;2*1-2H3. The summed E-state index contributed by atoms with van der Waals surface area (Å²) in [6, 6.07) is 5.18. The number of rotatable bonds is 2. The van der Waals surface area contributed by atoms with Crippen LogP contribution in [0.1, 0.15) is 88.4 Å². The number of pyridine rings is 1. The van der Waals surface area contributed by atoms with Gasteiger partial charge in [-0.15, -0.1) is 0 Å². The lowest BCUT2D eigenvalue weighted by atomic mass is 9.87. The molecule has 2 aromatic rings. The monoisotopic (exact) mass is 503 g/mol. The summed E-state index contributed by atoms with van der Waals surface area (Å²) in [7, 11) is 0. The SMILES string of the molecule is CC.CC.O=C1CNC2(CCCCC2)n2c(c3c(cc2=O)C(O)N(Cc2ccc(F)c(F)c2)CC3)C1. The van der Waals surface area contributed by atoms with Gasteiger partial charge in [0.15, 0.2) is 17.4 Å². The minimum atomic E-state index is -1.06. The van der Waals surface area contributed by atoms with Gasteiger partial charge in [-0.05, 0) is 55.4 Å². The number of hydrogen-bond donors (Lipinski definition) is 2. The Morgan fingerprint density at radius 2 is 1.72 bits per heavy atom. The third kappa shape index (κ3) is 5.45. The van der Waals surface area contributed by atoms with E-state index in [-0.39, 0.29) is 30.9 Å². The number of ketones is 1. The zero-order valence-electron chi connectivity index (χ0n) is 21.9. The molecule has 1 aliphatic carbocycles. The topological polar surface area (TPSA) is 74.6 Å². The summed E-state index contributed by atoms with van der Waals surface area (Å²) >= 11 is 0. The number of aromatic nitrogens is 1. The normalized spacial score (nSPS) is 20.8. The Kier molecular flexibility index (Phi) is 9.55. The molecule has 8 heteroatoms. The number of fused-ring (bicyclic) bond motifs is 4. The van der Waals surface area contributed by atoms with E-state index in [4.69, 9.17) is 0 Å². The van der Waals surface area contributed by atoms with Crippen molar-refractivity contribution in [2.24, 2.45) is 0 Å². The van der Waals surface area contributed by atoms with Crippen molar-refractivity contribution in [2.75, 3.05) is 13.1 Å². The third-order valence-corrected chi connectivity index (χ3v) is 7.20. The van der Waals surface area contributed by atoms with Gasteiger partial charge >= 0.3 is 0 Å². The molecular formula is C28H39F2N3O3. The van der Waals surface area contributed by atoms with Crippen LogP contribution in [0.4, 0.5) is 8.78 Å². The van der Waals surface area contributed by atoms with E-state index in [1.807, 2.05) is 27.7 Å². The number of aliphatic hydroxyl groups excluding tert-OH is 1. The van der Waals surface area contributed by atoms with Crippen molar-refractivity contribution in [1.29, 1.82) is 0 Å². The second-order valence-electron chi connectivity index (χ2n) is 9.20. The Morgan fingerprint density at radius 1 is 1.03 bits per heavy atom. The van der Waals surface area contributed by atoms with Crippen molar-refractivity contribution in [2.45, 2.75) is 91.1 Å². The molecule has 1 saturated carbocycles. The summed E-state index contributed by atoms with van der Waals surface area (Å²) in [6.45, 7) is 8.94. The minimum Gasteiger partial charge on any atom is -0.374 e. The van der Waals surface area contributed by atoms with Gasteiger partial charge in [0.05, 0.1) is 12.2 Å². The Bertz CT molecular complexity index is 1130. The molecule has 1 spiro atoms. The summed E-state index contributed by atoms with van der Waals surface area (Å²) in [5, 5.41) is 14.5. The first kappa shape index (κ1) is 28.2. The van der Waals surface area contributed by atoms with Crippen LogP contribution in [0.25, 0.3) is 0 Å². The van der Waals surface area contributed by atoms with E-state index in [2.05, 4.69) is 5.32 Å². The summed E-state index contributed by atoms with van der Waals surface area (Å²) in [4.78, 5) is 27.7. The number of nitrogens with zero attached hydrogens (tertiary/aromatic N) is 2. The number of carbonyl (C=O) groups excluding carboxylic acids is 1. The molecule has 198 valence electrons. The molecule has 1 fully saturated rings. The molecular weight excluding hydrogens is 464 g/mol. The quantitative estimate of drug-likeness (QED) is 0.629. The Labute approximate surface area is 212 Å². The number of Topliss-reactive ketones (excluding diaryl/α,β-unsaturated/α-hetero) is 1. The average molecular weight is 504 g/mol. The fourth-order valence-corrected chi connectivity index (χ4v) is 5.63. The van der Waals surface area contributed by atoms with Crippen LogP contribution in [0, 0.1) is 11.6 Å². The summed E-state index contributed by atoms with van der Waals surface area (Å²) in [6.07, 6.45) is 4.39. The van der Waals surface area contributed by atoms with Crippen molar-refractivity contribution >= 4 is 5.78 Å².